The normalized spacial score (nSPS) is 19.2. The number of hydrogen-bond donors (Lipinski definition) is 1. The largest absolute Gasteiger partial charge is 0.368 e. The van der Waals surface area contributed by atoms with Crippen LogP contribution in [0.25, 0.3) is 0 Å². The Balaban J connectivity index is 1.43. The van der Waals surface area contributed by atoms with Gasteiger partial charge in [0.15, 0.2) is 0 Å². The summed E-state index contributed by atoms with van der Waals surface area (Å²) >= 11 is 0. The predicted octanol–water partition coefficient (Wildman–Crippen LogP) is 1.67. The van der Waals surface area contributed by atoms with Crippen LogP contribution in [0.15, 0.2) is 47.5 Å². The predicted molar refractivity (Wildman–Crippen MR) is 108 cm³/mol. The number of carbonyl (C=O) groups excluding carboxylic acids is 1. The summed E-state index contributed by atoms with van der Waals surface area (Å²) in [7, 11) is -3.62. The van der Waals surface area contributed by atoms with Gasteiger partial charge in [0, 0.05) is 44.6 Å². The van der Waals surface area contributed by atoms with Crippen molar-refractivity contribution >= 4 is 15.9 Å². The Hall–Kier alpha value is -2.29. The zero-order chi connectivity index (χ0) is 20.3. The Morgan fingerprint density at radius 1 is 1.24 bits per heavy atom. The fraction of sp³-hybridized carbons (Fsp3) is 0.429. The first-order valence-corrected chi connectivity index (χ1v) is 11.4. The summed E-state index contributed by atoms with van der Waals surface area (Å²) in [4.78, 5) is 18.8. The van der Waals surface area contributed by atoms with Crippen molar-refractivity contribution in [2.75, 3.05) is 19.7 Å². The van der Waals surface area contributed by atoms with Crippen LogP contribution in [0.3, 0.4) is 0 Å². The number of nitrogens with one attached hydrogen (secondary N) is 1. The maximum atomic E-state index is 12.7. The number of amides is 1. The summed E-state index contributed by atoms with van der Waals surface area (Å²) in [6.45, 7) is 1.97. The van der Waals surface area contributed by atoms with Gasteiger partial charge in [-0.3, -0.25) is 9.78 Å². The minimum absolute atomic E-state index is 0.00916. The second-order valence-electron chi connectivity index (χ2n) is 7.41. The van der Waals surface area contributed by atoms with E-state index in [1.165, 1.54) is 0 Å². The molecule has 3 heterocycles. The van der Waals surface area contributed by atoms with Gasteiger partial charge in [-0.05, 0) is 54.7 Å². The first kappa shape index (κ1) is 20.0. The number of pyridine rings is 1. The molecule has 0 bridgehead atoms. The van der Waals surface area contributed by atoms with E-state index in [1.807, 2.05) is 24.3 Å². The summed E-state index contributed by atoms with van der Waals surface area (Å²) < 4.78 is 33.6. The average Bonchev–Trinajstić information content (AvgIpc) is 3.28. The van der Waals surface area contributed by atoms with E-state index in [1.54, 1.807) is 23.2 Å². The molecule has 0 radical (unpaired) electrons. The number of ether oxygens (including phenoxy) is 1. The number of rotatable bonds is 6. The molecule has 0 unspecified atom stereocenters. The van der Waals surface area contributed by atoms with Gasteiger partial charge >= 0.3 is 0 Å². The lowest BCUT2D eigenvalue weighted by molar-refractivity contribution is -0.141. The van der Waals surface area contributed by atoms with Crippen molar-refractivity contribution in [1.29, 1.82) is 0 Å². The van der Waals surface area contributed by atoms with Crippen LogP contribution in [0.4, 0.5) is 0 Å². The lowest BCUT2D eigenvalue weighted by Crippen LogP contribution is -2.42. The fourth-order valence-electron chi connectivity index (χ4n) is 3.81. The standard InChI is InChI=1S/C21H25N3O4S/c25-21(20-5-3-13-28-20)24-12-9-16-6-7-19(14-17(16)15-24)29(26,27)23-11-8-18-4-1-2-10-22-18/h1-2,4,6-7,10,14,20,23H,3,5,8-9,11-13,15H2/t20-/m1/s1. The van der Waals surface area contributed by atoms with Crippen molar-refractivity contribution in [2.45, 2.75) is 43.2 Å². The van der Waals surface area contributed by atoms with Gasteiger partial charge in [-0.25, -0.2) is 13.1 Å². The van der Waals surface area contributed by atoms with E-state index in [4.69, 9.17) is 4.74 Å². The molecule has 2 aliphatic heterocycles. The molecule has 29 heavy (non-hydrogen) atoms. The van der Waals surface area contributed by atoms with Crippen LogP contribution < -0.4 is 4.72 Å². The molecule has 1 aromatic carbocycles. The summed E-state index contributed by atoms with van der Waals surface area (Å²) in [5.41, 5.74) is 2.81. The van der Waals surface area contributed by atoms with E-state index in [9.17, 15) is 13.2 Å². The van der Waals surface area contributed by atoms with E-state index in [2.05, 4.69) is 9.71 Å². The molecule has 0 spiro atoms. The quantitative estimate of drug-likeness (QED) is 0.775. The second-order valence-corrected chi connectivity index (χ2v) is 9.18. The molecule has 0 saturated carbocycles. The zero-order valence-corrected chi connectivity index (χ0v) is 17.0. The second kappa shape index (κ2) is 8.61. The number of aromatic nitrogens is 1. The van der Waals surface area contributed by atoms with Gasteiger partial charge in [0.25, 0.3) is 5.91 Å². The Morgan fingerprint density at radius 2 is 2.14 bits per heavy atom. The van der Waals surface area contributed by atoms with Crippen LogP contribution >= 0.6 is 0 Å². The molecule has 0 aliphatic carbocycles. The highest BCUT2D eigenvalue weighted by Crippen LogP contribution is 2.25. The lowest BCUT2D eigenvalue weighted by atomic mass is 9.99. The van der Waals surface area contributed by atoms with Crippen LogP contribution in [0, 0.1) is 0 Å². The van der Waals surface area contributed by atoms with Crippen molar-refractivity contribution in [1.82, 2.24) is 14.6 Å². The summed E-state index contributed by atoms with van der Waals surface area (Å²) in [5.74, 6) is 0.00916. The average molecular weight is 416 g/mol. The van der Waals surface area contributed by atoms with E-state index < -0.39 is 10.0 Å². The van der Waals surface area contributed by atoms with Crippen molar-refractivity contribution in [2.24, 2.45) is 0 Å². The van der Waals surface area contributed by atoms with E-state index in [0.29, 0.717) is 26.1 Å². The SMILES string of the molecule is O=C([C@H]1CCCO1)N1CCc2ccc(S(=O)(=O)NCCc3ccccn3)cc2C1. The smallest absolute Gasteiger partial charge is 0.252 e. The van der Waals surface area contributed by atoms with Crippen LogP contribution in [0.1, 0.15) is 29.7 Å². The number of sulfonamides is 1. The number of fused-ring (bicyclic) bond motifs is 1. The van der Waals surface area contributed by atoms with Crippen molar-refractivity contribution in [3.05, 3.63) is 59.4 Å². The fourth-order valence-corrected chi connectivity index (χ4v) is 4.89. The Bertz CT molecular complexity index is 973. The summed E-state index contributed by atoms with van der Waals surface area (Å²) in [6.07, 6.45) is 4.26. The number of benzene rings is 1. The molecule has 4 rings (SSSR count). The van der Waals surface area contributed by atoms with E-state index in [0.717, 1.165) is 36.1 Å². The summed E-state index contributed by atoms with van der Waals surface area (Å²) in [5, 5.41) is 0. The molecule has 1 N–H and O–H groups in total. The van der Waals surface area contributed by atoms with Crippen LogP contribution in [-0.4, -0.2) is 50.0 Å². The van der Waals surface area contributed by atoms with Gasteiger partial charge in [-0.1, -0.05) is 12.1 Å². The Morgan fingerprint density at radius 3 is 2.90 bits per heavy atom. The molecule has 1 amide bonds. The molecule has 2 aliphatic rings. The number of carbonyl (C=O) groups is 1. The van der Waals surface area contributed by atoms with Crippen LogP contribution in [0.5, 0.6) is 0 Å². The maximum Gasteiger partial charge on any atom is 0.252 e. The first-order valence-electron chi connectivity index (χ1n) is 9.95. The minimum Gasteiger partial charge on any atom is -0.368 e. The van der Waals surface area contributed by atoms with Crippen molar-refractivity contribution < 1.29 is 17.9 Å². The lowest BCUT2D eigenvalue weighted by Gasteiger charge is -2.30. The highest BCUT2D eigenvalue weighted by Gasteiger charge is 2.30. The van der Waals surface area contributed by atoms with Gasteiger partial charge in [0.05, 0.1) is 4.90 Å². The molecule has 1 aromatic heterocycles. The number of hydrogen-bond acceptors (Lipinski definition) is 5. The molecular formula is C21H25N3O4S. The third-order valence-electron chi connectivity index (χ3n) is 5.42. The van der Waals surface area contributed by atoms with Gasteiger partial charge in [-0.15, -0.1) is 0 Å². The highest BCUT2D eigenvalue weighted by molar-refractivity contribution is 7.89. The topological polar surface area (TPSA) is 88.6 Å². The van der Waals surface area contributed by atoms with Crippen molar-refractivity contribution in [3.8, 4) is 0 Å². The number of nitrogens with zero attached hydrogens (tertiary/aromatic N) is 2. The molecule has 7 nitrogen and oxygen atoms in total. The zero-order valence-electron chi connectivity index (χ0n) is 16.2. The van der Waals surface area contributed by atoms with Gasteiger partial charge in [-0.2, -0.15) is 0 Å². The van der Waals surface area contributed by atoms with Gasteiger partial charge in [0.1, 0.15) is 6.10 Å². The summed E-state index contributed by atoms with van der Waals surface area (Å²) in [6, 6.07) is 10.8. The maximum absolute atomic E-state index is 12.7. The molecule has 1 fully saturated rings. The minimum atomic E-state index is -3.62. The third-order valence-corrected chi connectivity index (χ3v) is 6.88. The van der Waals surface area contributed by atoms with E-state index in [-0.39, 0.29) is 23.5 Å². The van der Waals surface area contributed by atoms with E-state index >= 15 is 0 Å². The first-order chi connectivity index (χ1) is 14.0. The third kappa shape index (κ3) is 4.66. The molecular weight excluding hydrogens is 390 g/mol. The molecule has 8 heteroatoms. The Labute approximate surface area is 171 Å². The highest BCUT2D eigenvalue weighted by atomic mass is 32.2. The Kier molecular flexibility index (Phi) is 5.94. The molecule has 1 atom stereocenters. The van der Waals surface area contributed by atoms with Crippen LogP contribution in [-0.2, 0) is 38.9 Å². The molecule has 154 valence electrons. The molecule has 1 saturated heterocycles. The van der Waals surface area contributed by atoms with Crippen molar-refractivity contribution in [3.63, 3.8) is 0 Å². The van der Waals surface area contributed by atoms with Gasteiger partial charge in [0.2, 0.25) is 10.0 Å². The van der Waals surface area contributed by atoms with Gasteiger partial charge < -0.3 is 9.64 Å². The molecule has 2 aromatic rings. The van der Waals surface area contributed by atoms with Crippen LogP contribution in [0.2, 0.25) is 0 Å². The monoisotopic (exact) mass is 415 g/mol.